The number of carbonyl (C=O) groups is 1. The van der Waals surface area contributed by atoms with Gasteiger partial charge < -0.3 is 10.4 Å². The highest BCUT2D eigenvalue weighted by Crippen LogP contribution is 2.54. The molecule has 0 fully saturated rings. The highest BCUT2D eigenvalue weighted by Gasteiger charge is 2.44. The highest BCUT2D eigenvalue weighted by molar-refractivity contribution is 9.10. The third kappa shape index (κ3) is 2.59. The molecule has 0 bridgehead atoms. The molecule has 134 valence electrons. The number of rotatable bonds is 2. The van der Waals surface area contributed by atoms with Crippen molar-refractivity contribution in [2.24, 2.45) is 5.92 Å². The fraction of sp³-hybridized carbons (Fsp3) is 0.174. The number of anilines is 1. The van der Waals surface area contributed by atoms with E-state index in [0.29, 0.717) is 11.5 Å². The minimum Gasteiger partial charge on any atom is -0.478 e. The average molecular weight is 420 g/mol. The van der Waals surface area contributed by atoms with E-state index in [1.165, 1.54) is 16.7 Å². The number of benzene rings is 3. The summed E-state index contributed by atoms with van der Waals surface area (Å²) in [6, 6.07) is 22.6. The molecule has 3 aromatic carbocycles. The number of halogens is 1. The summed E-state index contributed by atoms with van der Waals surface area (Å²) in [4.78, 5) is 11.9. The van der Waals surface area contributed by atoms with Crippen LogP contribution in [-0.2, 0) is 6.42 Å². The van der Waals surface area contributed by atoms with Crippen molar-refractivity contribution in [1.82, 2.24) is 0 Å². The Hall–Kier alpha value is -2.59. The van der Waals surface area contributed by atoms with Crippen LogP contribution in [0.1, 0.15) is 44.6 Å². The molecule has 3 aromatic rings. The predicted molar refractivity (Wildman–Crippen MR) is 109 cm³/mol. The lowest BCUT2D eigenvalue weighted by atomic mass is 9.75. The van der Waals surface area contributed by atoms with E-state index in [9.17, 15) is 9.90 Å². The van der Waals surface area contributed by atoms with Crippen molar-refractivity contribution < 1.29 is 9.90 Å². The van der Waals surface area contributed by atoms with E-state index in [1.54, 1.807) is 6.07 Å². The van der Waals surface area contributed by atoms with E-state index < -0.39 is 5.97 Å². The van der Waals surface area contributed by atoms with Gasteiger partial charge in [0, 0.05) is 10.4 Å². The van der Waals surface area contributed by atoms with Gasteiger partial charge in [-0.05, 0) is 52.8 Å². The van der Waals surface area contributed by atoms with Crippen LogP contribution in [0.15, 0.2) is 71.2 Å². The number of hydrogen-bond donors (Lipinski definition) is 2. The molecule has 2 aliphatic rings. The van der Waals surface area contributed by atoms with E-state index in [4.69, 9.17) is 0 Å². The van der Waals surface area contributed by atoms with E-state index >= 15 is 0 Å². The molecule has 0 aromatic heterocycles. The lowest BCUT2D eigenvalue weighted by molar-refractivity contribution is 0.0697. The van der Waals surface area contributed by atoms with Gasteiger partial charge >= 0.3 is 5.97 Å². The maximum atomic E-state index is 11.9. The molecule has 0 saturated heterocycles. The van der Waals surface area contributed by atoms with Gasteiger partial charge in [0.25, 0.3) is 0 Å². The molecule has 3 atom stereocenters. The summed E-state index contributed by atoms with van der Waals surface area (Å²) in [6.07, 6.45) is 0.991. The smallest absolute Gasteiger partial charge is 0.337 e. The quantitative estimate of drug-likeness (QED) is 0.566. The van der Waals surface area contributed by atoms with Gasteiger partial charge in [-0.2, -0.15) is 0 Å². The van der Waals surface area contributed by atoms with Gasteiger partial charge in [-0.15, -0.1) is 0 Å². The molecule has 0 spiro atoms. The van der Waals surface area contributed by atoms with Crippen molar-refractivity contribution in [3.8, 4) is 0 Å². The van der Waals surface area contributed by atoms with Crippen molar-refractivity contribution in [3.05, 3.63) is 99.0 Å². The summed E-state index contributed by atoms with van der Waals surface area (Å²) < 4.78 is 1.04. The normalized spacial score (nSPS) is 22.3. The first-order valence-corrected chi connectivity index (χ1v) is 9.89. The molecule has 4 heteroatoms. The van der Waals surface area contributed by atoms with Gasteiger partial charge in [-0.1, -0.05) is 64.5 Å². The number of nitrogens with one attached hydrogen (secondary N) is 1. The lowest BCUT2D eigenvalue weighted by Crippen LogP contribution is -2.31. The number of para-hydroxylation sites is 1. The SMILES string of the molecule is O=C(O)c1cccc2c1N[C@H](c1ccc(Br)cc1)[C@@H]1Cc3ccccc3[C@@H]21. The molecular formula is C23H18BrNO2. The zero-order chi connectivity index (χ0) is 18.5. The van der Waals surface area contributed by atoms with Gasteiger partial charge in [0.15, 0.2) is 0 Å². The Morgan fingerprint density at radius 1 is 0.963 bits per heavy atom. The van der Waals surface area contributed by atoms with E-state index in [1.807, 2.05) is 18.2 Å². The molecule has 0 amide bonds. The second-order valence-corrected chi connectivity index (χ2v) is 8.21. The largest absolute Gasteiger partial charge is 0.478 e. The van der Waals surface area contributed by atoms with Crippen LogP contribution in [0.3, 0.4) is 0 Å². The average Bonchev–Trinajstić information content (AvgIpc) is 3.07. The Bertz CT molecular complexity index is 1040. The van der Waals surface area contributed by atoms with Crippen molar-refractivity contribution in [2.45, 2.75) is 18.4 Å². The third-order valence-electron chi connectivity index (χ3n) is 5.89. The summed E-state index contributed by atoms with van der Waals surface area (Å²) in [5, 5.41) is 13.3. The molecule has 1 aliphatic heterocycles. The van der Waals surface area contributed by atoms with Crippen LogP contribution < -0.4 is 5.32 Å². The second kappa shape index (κ2) is 6.24. The van der Waals surface area contributed by atoms with Crippen molar-refractivity contribution in [3.63, 3.8) is 0 Å². The van der Waals surface area contributed by atoms with Crippen LogP contribution in [0.5, 0.6) is 0 Å². The van der Waals surface area contributed by atoms with E-state index in [-0.39, 0.29) is 12.0 Å². The van der Waals surface area contributed by atoms with E-state index in [2.05, 4.69) is 63.7 Å². The van der Waals surface area contributed by atoms with Crippen molar-refractivity contribution in [2.75, 3.05) is 5.32 Å². The molecule has 27 heavy (non-hydrogen) atoms. The van der Waals surface area contributed by atoms with Crippen LogP contribution in [0, 0.1) is 5.92 Å². The fourth-order valence-corrected chi connectivity index (χ4v) is 5.03. The van der Waals surface area contributed by atoms with Crippen LogP contribution >= 0.6 is 15.9 Å². The Balaban J connectivity index is 1.72. The highest BCUT2D eigenvalue weighted by atomic mass is 79.9. The zero-order valence-electron chi connectivity index (χ0n) is 14.5. The maximum absolute atomic E-state index is 11.9. The first kappa shape index (κ1) is 16.6. The molecule has 5 rings (SSSR count). The van der Waals surface area contributed by atoms with Gasteiger partial charge in [0.1, 0.15) is 0 Å². The van der Waals surface area contributed by atoms with Crippen molar-refractivity contribution in [1.29, 1.82) is 0 Å². The summed E-state index contributed by atoms with van der Waals surface area (Å²) in [7, 11) is 0. The Morgan fingerprint density at radius 2 is 1.70 bits per heavy atom. The molecule has 1 heterocycles. The first-order chi connectivity index (χ1) is 13.1. The molecule has 3 nitrogen and oxygen atoms in total. The van der Waals surface area contributed by atoms with E-state index in [0.717, 1.165) is 22.1 Å². The van der Waals surface area contributed by atoms with Crippen molar-refractivity contribution >= 4 is 27.6 Å². The molecule has 0 radical (unpaired) electrons. The van der Waals surface area contributed by atoms with Crippen LogP contribution in [0.4, 0.5) is 5.69 Å². The minimum absolute atomic E-state index is 0.0727. The zero-order valence-corrected chi connectivity index (χ0v) is 16.1. The van der Waals surface area contributed by atoms with Crippen LogP contribution in [-0.4, -0.2) is 11.1 Å². The molecule has 0 unspecified atom stereocenters. The number of hydrogen-bond acceptors (Lipinski definition) is 2. The minimum atomic E-state index is -0.890. The van der Waals surface area contributed by atoms with Gasteiger partial charge in [0.05, 0.1) is 17.3 Å². The monoisotopic (exact) mass is 419 g/mol. The standard InChI is InChI=1S/C23H18BrNO2/c24-15-10-8-13(9-11-15)21-19-12-14-4-1-2-5-16(14)20(19)17-6-3-7-18(23(26)27)22(17)25-21/h1-11,19-21,25H,12H2,(H,26,27)/t19-,20+,21-/m1/s1. The maximum Gasteiger partial charge on any atom is 0.337 e. The first-order valence-electron chi connectivity index (χ1n) is 9.09. The number of carboxylic acid groups (broad SMARTS) is 1. The summed E-state index contributed by atoms with van der Waals surface area (Å²) in [5.41, 5.74) is 6.08. The van der Waals surface area contributed by atoms with Crippen LogP contribution in [0.2, 0.25) is 0 Å². The second-order valence-electron chi connectivity index (χ2n) is 7.29. The topological polar surface area (TPSA) is 49.3 Å². The van der Waals surface area contributed by atoms with Gasteiger partial charge in [-0.3, -0.25) is 0 Å². The fourth-order valence-electron chi connectivity index (χ4n) is 4.77. The predicted octanol–water partition coefficient (Wildman–Crippen LogP) is 5.62. The summed E-state index contributed by atoms with van der Waals surface area (Å²) in [5.74, 6) is -0.316. The number of aromatic carboxylic acids is 1. The molecule has 0 saturated carbocycles. The molecule has 1 aliphatic carbocycles. The lowest BCUT2D eigenvalue weighted by Gasteiger charge is -2.38. The third-order valence-corrected chi connectivity index (χ3v) is 6.42. The van der Waals surface area contributed by atoms with Gasteiger partial charge in [0.2, 0.25) is 0 Å². The molecular weight excluding hydrogens is 402 g/mol. The summed E-state index contributed by atoms with van der Waals surface area (Å²) >= 11 is 3.51. The number of fused-ring (bicyclic) bond motifs is 5. The van der Waals surface area contributed by atoms with Gasteiger partial charge in [-0.25, -0.2) is 4.79 Å². The van der Waals surface area contributed by atoms with Crippen LogP contribution in [0.25, 0.3) is 0 Å². The Labute approximate surface area is 166 Å². The number of carboxylic acids is 1. The Morgan fingerprint density at radius 3 is 2.48 bits per heavy atom. The summed E-state index contributed by atoms with van der Waals surface area (Å²) in [6.45, 7) is 0. The molecule has 2 N–H and O–H groups in total. The Kier molecular flexibility index (Phi) is 3.83.